The van der Waals surface area contributed by atoms with E-state index in [0.717, 1.165) is 16.3 Å². The van der Waals surface area contributed by atoms with Gasteiger partial charge in [0.1, 0.15) is 0 Å². The highest BCUT2D eigenvalue weighted by Gasteiger charge is 2.06. The Morgan fingerprint density at radius 2 is 1.89 bits per heavy atom. The predicted octanol–water partition coefficient (Wildman–Crippen LogP) is 5.81. The Balaban J connectivity index is 2.31. The van der Waals surface area contributed by atoms with Crippen molar-refractivity contribution in [3.05, 3.63) is 28.8 Å². The number of halogens is 1. The lowest BCUT2D eigenvalue weighted by molar-refractivity contribution is 0.578. The van der Waals surface area contributed by atoms with Crippen molar-refractivity contribution in [3.63, 3.8) is 0 Å². The van der Waals surface area contributed by atoms with Gasteiger partial charge in [0.2, 0.25) is 0 Å². The van der Waals surface area contributed by atoms with Crippen LogP contribution in [0.4, 0.5) is 5.69 Å². The van der Waals surface area contributed by atoms with Crippen LogP contribution in [-0.4, -0.2) is 6.04 Å². The number of aryl methyl sites for hydroxylation is 1. The van der Waals surface area contributed by atoms with Gasteiger partial charge < -0.3 is 5.32 Å². The summed E-state index contributed by atoms with van der Waals surface area (Å²) >= 11 is 6.28. The van der Waals surface area contributed by atoms with E-state index < -0.39 is 0 Å². The summed E-state index contributed by atoms with van der Waals surface area (Å²) < 4.78 is 0. The van der Waals surface area contributed by atoms with E-state index in [-0.39, 0.29) is 0 Å². The van der Waals surface area contributed by atoms with Crippen LogP contribution in [0, 0.1) is 6.92 Å². The van der Waals surface area contributed by atoms with Crippen LogP contribution in [0.3, 0.4) is 0 Å². The van der Waals surface area contributed by atoms with E-state index in [1.54, 1.807) is 0 Å². The second-order valence-corrected chi connectivity index (χ2v) is 5.56. The molecule has 0 aliphatic heterocycles. The summed E-state index contributed by atoms with van der Waals surface area (Å²) in [7, 11) is 0. The van der Waals surface area contributed by atoms with Gasteiger partial charge >= 0.3 is 0 Å². The van der Waals surface area contributed by atoms with Crippen LogP contribution in [0.15, 0.2) is 18.2 Å². The number of benzene rings is 1. The molecule has 1 aromatic rings. The first kappa shape index (κ1) is 15.4. The largest absolute Gasteiger partial charge is 0.381 e. The summed E-state index contributed by atoms with van der Waals surface area (Å²) in [4.78, 5) is 0. The molecule has 0 aliphatic carbocycles. The van der Waals surface area contributed by atoms with Gasteiger partial charge in [0.05, 0.1) is 10.7 Å². The predicted molar refractivity (Wildman–Crippen MR) is 82.6 cm³/mol. The van der Waals surface area contributed by atoms with Crippen LogP contribution in [0.2, 0.25) is 5.02 Å². The fraction of sp³-hybridized carbons (Fsp3) is 0.625. The van der Waals surface area contributed by atoms with Crippen molar-refractivity contribution in [3.8, 4) is 0 Å². The molecular formula is C16H26ClN. The summed E-state index contributed by atoms with van der Waals surface area (Å²) in [6.45, 7) is 6.53. The van der Waals surface area contributed by atoms with Crippen molar-refractivity contribution in [2.75, 3.05) is 5.32 Å². The molecule has 1 rings (SSSR count). The lowest BCUT2D eigenvalue weighted by Crippen LogP contribution is -2.15. The Morgan fingerprint density at radius 3 is 2.61 bits per heavy atom. The van der Waals surface area contributed by atoms with Crippen molar-refractivity contribution in [2.24, 2.45) is 0 Å². The van der Waals surface area contributed by atoms with E-state index in [9.17, 15) is 0 Å². The molecule has 18 heavy (non-hydrogen) atoms. The van der Waals surface area contributed by atoms with Gasteiger partial charge in [0, 0.05) is 6.04 Å². The molecule has 0 aliphatic rings. The highest BCUT2D eigenvalue weighted by Crippen LogP contribution is 2.26. The lowest BCUT2D eigenvalue weighted by atomic mass is 10.1. The maximum Gasteiger partial charge on any atom is 0.0666 e. The molecule has 0 bridgehead atoms. The highest BCUT2D eigenvalue weighted by atomic mass is 35.5. The molecular weight excluding hydrogens is 242 g/mol. The molecule has 0 radical (unpaired) electrons. The van der Waals surface area contributed by atoms with Gasteiger partial charge in [0.25, 0.3) is 0 Å². The van der Waals surface area contributed by atoms with Gasteiger partial charge in [-0.25, -0.2) is 0 Å². The summed E-state index contributed by atoms with van der Waals surface area (Å²) in [5.74, 6) is 0. The maximum atomic E-state index is 6.28. The molecule has 0 saturated carbocycles. The first-order valence-corrected chi connectivity index (χ1v) is 7.54. The van der Waals surface area contributed by atoms with E-state index in [0.29, 0.717) is 6.04 Å². The van der Waals surface area contributed by atoms with E-state index in [2.05, 4.69) is 31.3 Å². The molecule has 1 N–H and O–H groups in total. The quantitative estimate of drug-likeness (QED) is 0.586. The molecule has 102 valence electrons. The molecule has 1 unspecified atom stereocenters. The van der Waals surface area contributed by atoms with Crippen molar-refractivity contribution in [1.82, 2.24) is 0 Å². The van der Waals surface area contributed by atoms with E-state index in [1.807, 2.05) is 13.0 Å². The third-order valence-corrected chi connectivity index (χ3v) is 3.84. The topological polar surface area (TPSA) is 12.0 Å². The fourth-order valence-corrected chi connectivity index (χ4v) is 2.33. The molecule has 2 heteroatoms. The van der Waals surface area contributed by atoms with E-state index >= 15 is 0 Å². The van der Waals surface area contributed by atoms with Crippen LogP contribution in [-0.2, 0) is 0 Å². The second kappa shape index (κ2) is 8.42. The SMILES string of the molecule is CCCCCCCC(C)Nc1cccc(C)c1Cl. The number of hydrogen-bond acceptors (Lipinski definition) is 1. The summed E-state index contributed by atoms with van der Waals surface area (Å²) in [6, 6.07) is 6.65. The summed E-state index contributed by atoms with van der Waals surface area (Å²) in [5.41, 5.74) is 2.20. The van der Waals surface area contributed by atoms with Crippen LogP contribution in [0.5, 0.6) is 0 Å². The third-order valence-electron chi connectivity index (χ3n) is 3.33. The zero-order chi connectivity index (χ0) is 13.4. The van der Waals surface area contributed by atoms with Gasteiger partial charge in [-0.15, -0.1) is 0 Å². The van der Waals surface area contributed by atoms with Gasteiger partial charge in [-0.1, -0.05) is 62.8 Å². The Bertz CT molecular complexity index is 349. The molecule has 0 heterocycles. The molecule has 0 saturated heterocycles. The second-order valence-electron chi connectivity index (χ2n) is 5.18. The van der Waals surface area contributed by atoms with Crippen LogP contribution >= 0.6 is 11.6 Å². The number of unbranched alkanes of at least 4 members (excludes halogenated alkanes) is 4. The number of hydrogen-bond donors (Lipinski definition) is 1. The number of rotatable bonds is 8. The number of nitrogens with one attached hydrogen (secondary N) is 1. The van der Waals surface area contributed by atoms with Crippen LogP contribution in [0.1, 0.15) is 57.9 Å². The molecule has 0 spiro atoms. The van der Waals surface area contributed by atoms with Gasteiger partial charge in [-0.3, -0.25) is 0 Å². The van der Waals surface area contributed by atoms with Gasteiger partial charge in [-0.05, 0) is 31.9 Å². The molecule has 1 atom stereocenters. The van der Waals surface area contributed by atoms with Crippen molar-refractivity contribution >= 4 is 17.3 Å². The smallest absolute Gasteiger partial charge is 0.0666 e. The summed E-state index contributed by atoms with van der Waals surface area (Å²) in [6.07, 6.45) is 7.92. The first-order chi connectivity index (χ1) is 8.65. The maximum absolute atomic E-state index is 6.28. The van der Waals surface area contributed by atoms with Crippen molar-refractivity contribution in [1.29, 1.82) is 0 Å². The highest BCUT2D eigenvalue weighted by molar-refractivity contribution is 6.34. The Hall–Kier alpha value is -0.690. The van der Waals surface area contributed by atoms with Crippen LogP contribution < -0.4 is 5.32 Å². The van der Waals surface area contributed by atoms with Gasteiger partial charge in [0.15, 0.2) is 0 Å². The third kappa shape index (κ3) is 5.30. The average molecular weight is 268 g/mol. The van der Waals surface area contributed by atoms with E-state index in [1.165, 1.54) is 38.5 Å². The minimum atomic E-state index is 0.492. The minimum Gasteiger partial charge on any atom is -0.381 e. The van der Waals surface area contributed by atoms with Crippen molar-refractivity contribution < 1.29 is 0 Å². The molecule has 0 aromatic heterocycles. The van der Waals surface area contributed by atoms with Crippen LogP contribution in [0.25, 0.3) is 0 Å². The Labute approximate surface area is 117 Å². The standard InChI is InChI=1S/C16H26ClN/c1-4-5-6-7-8-11-14(3)18-15-12-9-10-13(2)16(15)17/h9-10,12,14,18H,4-8,11H2,1-3H3. The normalized spacial score (nSPS) is 12.4. The zero-order valence-electron chi connectivity index (χ0n) is 11.9. The first-order valence-electron chi connectivity index (χ1n) is 7.16. The monoisotopic (exact) mass is 267 g/mol. The minimum absolute atomic E-state index is 0.492. The molecule has 1 aromatic carbocycles. The van der Waals surface area contributed by atoms with E-state index in [4.69, 9.17) is 11.6 Å². The zero-order valence-corrected chi connectivity index (χ0v) is 12.7. The Kier molecular flexibility index (Phi) is 7.19. The Morgan fingerprint density at radius 1 is 1.17 bits per heavy atom. The molecule has 0 fully saturated rings. The van der Waals surface area contributed by atoms with Crippen molar-refractivity contribution in [2.45, 2.75) is 65.3 Å². The van der Waals surface area contributed by atoms with Gasteiger partial charge in [-0.2, -0.15) is 0 Å². The average Bonchev–Trinajstić information content (AvgIpc) is 2.35. The molecule has 0 amide bonds. The number of anilines is 1. The lowest BCUT2D eigenvalue weighted by Gasteiger charge is -2.17. The fourth-order valence-electron chi connectivity index (χ4n) is 2.15. The summed E-state index contributed by atoms with van der Waals surface area (Å²) in [5, 5.41) is 4.37. The molecule has 1 nitrogen and oxygen atoms in total.